The Hall–Kier alpha value is -2.76. The van der Waals surface area contributed by atoms with Crippen molar-refractivity contribution in [1.29, 1.82) is 0 Å². The molecule has 2 rings (SSSR count). The first-order chi connectivity index (χ1) is 12.3. The SMILES string of the molecule is Cc1ccc(NC(=O)C(C)C)cc1NC(=O)CCc1cc(F)ccc1F. The van der Waals surface area contributed by atoms with Crippen LogP contribution in [0.1, 0.15) is 31.4 Å². The first-order valence-electron chi connectivity index (χ1n) is 8.41. The number of halogens is 2. The number of hydrogen-bond acceptors (Lipinski definition) is 2. The number of nitrogens with one attached hydrogen (secondary N) is 2. The van der Waals surface area contributed by atoms with E-state index in [4.69, 9.17) is 0 Å². The molecule has 0 heterocycles. The summed E-state index contributed by atoms with van der Waals surface area (Å²) in [5.41, 5.74) is 2.14. The number of amides is 2. The molecule has 6 heteroatoms. The Morgan fingerprint density at radius 1 is 1.04 bits per heavy atom. The minimum Gasteiger partial charge on any atom is -0.326 e. The van der Waals surface area contributed by atoms with Gasteiger partial charge in [-0.15, -0.1) is 0 Å². The second-order valence-corrected chi connectivity index (χ2v) is 6.46. The molecule has 0 saturated carbocycles. The number of anilines is 2. The highest BCUT2D eigenvalue weighted by atomic mass is 19.1. The largest absolute Gasteiger partial charge is 0.326 e. The Labute approximate surface area is 151 Å². The van der Waals surface area contributed by atoms with Crippen molar-refractivity contribution in [2.45, 2.75) is 33.6 Å². The average Bonchev–Trinajstić information content (AvgIpc) is 2.58. The molecule has 0 bridgehead atoms. The van der Waals surface area contributed by atoms with Gasteiger partial charge in [-0.1, -0.05) is 19.9 Å². The van der Waals surface area contributed by atoms with Crippen LogP contribution in [-0.2, 0) is 16.0 Å². The second-order valence-electron chi connectivity index (χ2n) is 6.46. The Balaban J connectivity index is 2.01. The summed E-state index contributed by atoms with van der Waals surface area (Å²) in [6, 6.07) is 8.41. The van der Waals surface area contributed by atoms with Gasteiger partial charge in [0.15, 0.2) is 0 Å². The molecule has 0 spiro atoms. The zero-order valence-corrected chi connectivity index (χ0v) is 15.0. The van der Waals surface area contributed by atoms with E-state index >= 15 is 0 Å². The molecule has 0 aliphatic carbocycles. The number of hydrogen-bond donors (Lipinski definition) is 2. The molecule has 0 unspecified atom stereocenters. The molecule has 2 aromatic rings. The van der Waals surface area contributed by atoms with Gasteiger partial charge in [-0.25, -0.2) is 8.78 Å². The first-order valence-corrected chi connectivity index (χ1v) is 8.41. The fourth-order valence-corrected chi connectivity index (χ4v) is 2.32. The van der Waals surface area contributed by atoms with Crippen LogP contribution in [0.2, 0.25) is 0 Å². The van der Waals surface area contributed by atoms with Crippen LogP contribution in [-0.4, -0.2) is 11.8 Å². The van der Waals surface area contributed by atoms with E-state index in [9.17, 15) is 18.4 Å². The smallest absolute Gasteiger partial charge is 0.226 e. The predicted octanol–water partition coefficient (Wildman–Crippen LogP) is 4.44. The Kier molecular flexibility index (Phi) is 6.44. The van der Waals surface area contributed by atoms with Crippen molar-refractivity contribution in [1.82, 2.24) is 0 Å². The normalized spacial score (nSPS) is 10.7. The van der Waals surface area contributed by atoms with E-state index in [1.54, 1.807) is 32.0 Å². The third-order valence-electron chi connectivity index (χ3n) is 3.93. The lowest BCUT2D eigenvalue weighted by Gasteiger charge is -2.13. The zero-order chi connectivity index (χ0) is 19.3. The van der Waals surface area contributed by atoms with E-state index in [0.29, 0.717) is 11.4 Å². The first kappa shape index (κ1) is 19.6. The van der Waals surface area contributed by atoms with Gasteiger partial charge >= 0.3 is 0 Å². The molecule has 0 aliphatic heterocycles. The van der Waals surface area contributed by atoms with E-state index in [1.165, 1.54) is 0 Å². The van der Waals surface area contributed by atoms with E-state index in [2.05, 4.69) is 10.6 Å². The van der Waals surface area contributed by atoms with Crippen LogP contribution in [0.15, 0.2) is 36.4 Å². The number of rotatable bonds is 6. The molecule has 26 heavy (non-hydrogen) atoms. The van der Waals surface area contributed by atoms with E-state index in [0.717, 1.165) is 23.8 Å². The second kappa shape index (κ2) is 8.56. The van der Waals surface area contributed by atoms with Crippen LogP contribution >= 0.6 is 0 Å². The lowest BCUT2D eigenvalue weighted by molar-refractivity contribution is -0.119. The summed E-state index contributed by atoms with van der Waals surface area (Å²) >= 11 is 0. The summed E-state index contributed by atoms with van der Waals surface area (Å²) in [4.78, 5) is 23.9. The molecular formula is C20H22F2N2O2. The van der Waals surface area contributed by atoms with Crippen LogP contribution in [0.25, 0.3) is 0 Å². The van der Waals surface area contributed by atoms with Gasteiger partial charge in [-0.2, -0.15) is 0 Å². The maximum Gasteiger partial charge on any atom is 0.226 e. The quantitative estimate of drug-likeness (QED) is 0.800. The topological polar surface area (TPSA) is 58.2 Å². The van der Waals surface area contributed by atoms with Crippen molar-refractivity contribution < 1.29 is 18.4 Å². The van der Waals surface area contributed by atoms with Gasteiger partial charge in [0, 0.05) is 23.7 Å². The summed E-state index contributed by atoms with van der Waals surface area (Å²) in [6.07, 6.45) is 0.112. The van der Waals surface area contributed by atoms with Crippen LogP contribution in [0.3, 0.4) is 0 Å². The molecule has 2 N–H and O–H groups in total. The number of aryl methyl sites for hydroxylation is 2. The number of benzene rings is 2. The van der Waals surface area contributed by atoms with Crippen LogP contribution in [0.4, 0.5) is 20.2 Å². The number of carbonyl (C=O) groups excluding carboxylic acids is 2. The summed E-state index contributed by atoms with van der Waals surface area (Å²) in [7, 11) is 0. The molecule has 138 valence electrons. The fraction of sp³-hybridized carbons (Fsp3) is 0.300. The maximum absolute atomic E-state index is 13.6. The lowest BCUT2D eigenvalue weighted by Crippen LogP contribution is -2.18. The van der Waals surface area contributed by atoms with Crippen molar-refractivity contribution in [3.8, 4) is 0 Å². The Morgan fingerprint density at radius 3 is 2.46 bits per heavy atom. The highest BCUT2D eigenvalue weighted by Gasteiger charge is 2.11. The Bertz CT molecular complexity index is 819. The van der Waals surface area contributed by atoms with Gasteiger partial charge in [-0.05, 0) is 54.8 Å². The predicted molar refractivity (Wildman–Crippen MR) is 98.0 cm³/mol. The average molecular weight is 360 g/mol. The van der Waals surface area contributed by atoms with E-state index < -0.39 is 11.6 Å². The van der Waals surface area contributed by atoms with Crippen molar-refractivity contribution in [2.24, 2.45) is 5.92 Å². The minimum atomic E-state index is -0.536. The summed E-state index contributed by atoms with van der Waals surface area (Å²) in [5.74, 6) is -1.66. The van der Waals surface area contributed by atoms with Crippen molar-refractivity contribution >= 4 is 23.2 Å². The third kappa shape index (κ3) is 5.37. The van der Waals surface area contributed by atoms with Gasteiger partial charge in [0.1, 0.15) is 11.6 Å². The molecule has 0 fully saturated rings. The van der Waals surface area contributed by atoms with Crippen LogP contribution in [0, 0.1) is 24.5 Å². The van der Waals surface area contributed by atoms with E-state index in [-0.39, 0.29) is 36.1 Å². The summed E-state index contributed by atoms with van der Waals surface area (Å²) < 4.78 is 26.8. The van der Waals surface area contributed by atoms with Gasteiger partial charge in [-0.3, -0.25) is 9.59 Å². The van der Waals surface area contributed by atoms with Gasteiger partial charge in [0.2, 0.25) is 11.8 Å². The fourth-order valence-electron chi connectivity index (χ4n) is 2.32. The molecule has 2 aromatic carbocycles. The minimum absolute atomic E-state index is 0.0163. The summed E-state index contributed by atoms with van der Waals surface area (Å²) in [5, 5.41) is 5.52. The van der Waals surface area contributed by atoms with Crippen LogP contribution in [0.5, 0.6) is 0 Å². The standard InChI is InChI=1S/C20H22F2N2O2/c1-12(2)20(26)23-16-7-4-13(3)18(11-16)24-19(25)9-5-14-10-15(21)6-8-17(14)22/h4,6-8,10-12H,5,9H2,1-3H3,(H,23,26)(H,24,25). The summed E-state index contributed by atoms with van der Waals surface area (Å²) in [6.45, 7) is 5.41. The zero-order valence-electron chi connectivity index (χ0n) is 15.0. The van der Waals surface area contributed by atoms with Crippen molar-refractivity contribution in [3.05, 3.63) is 59.2 Å². The monoisotopic (exact) mass is 360 g/mol. The van der Waals surface area contributed by atoms with Crippen LogP contribution < -0.4 is 10.6 Å². The molecule has 0 atom stereocenters. The van der Waals surface area contributed by atoms with Gasteiger partial charge in [0.05, 0.1) is 0 Å². The molecule has 0 radical (unpaired) electrons. The van der Waals surface area contributed by atoms with E-state index in [1.807, 2.05) is 6.92 Å². The molecule has 0 aliphatic rings. The van der Waals surface area contributed by atoms with Gasteiger partial charge < -0.3 is 10.6 Å². The Morgan fingerprint density at radius 2 is 1.77 bits per heavy atom. The third-order valence-corrected chi connectivity index (χ3v) is 3.93. The van der Waals surface area contributed by atoms with Crippen molar-refractivity contribution in [3.63, 3.8) is 0 Å². The lowest BCUT2D eigenvalue weighted by atomic mass is 10.1. The number of carbonyl (C=O) groups is 2. The van der Waals surface area contributed by atoms with Gasteiger partial charge in [0.25, 0.3) is 0 Å². The molecule has 0 aromatic heterocycles. The molecule has 2 amide bonds. The highest BCUT2D eigenvalue weighted by Crippen LogP contribution is 2.21. The highest BCUT2D eigenvalue weighted by molar-refractivity contribution is 5.95. The molecular weight excluding hydrogens is 338 g/mol. The molecule has 0 saturated heterocycles. The molecule has 4 nitrogen and oxygen atoms in total. The maximum atomic E-state index is 13.6. The van der Waals surface area contributed by atoms with Crippen molar-refractivity contribution in [2.75, 3.05) is 10.6 Å².